The number of pyridine rings is 1. The highest BCUT2D eigenvalue weighted by Gasteiger charge is 2.24. The lowest BCUT2D eigenvalue weighted by atomic mass is 10.0. The van der Waals surface area contributed by atoms with Crippen LogP contribution < -0.4 is 4.90 Å². The molecular weight excluding hydrogens is 248 g/mol. The average Bonchev–Trinajstić information content (AvgIpc) is 2.96. The fourth-order valence-electron chi connectivity index (χ4n) is 2.97. The molecular formula is C17H20N2O. The molecule has 3 rings (SSSR count). The molecule has 2 aromatic rings. The SMILES string of the molecule is Cc1ccccc1-c1ccnc(N2CCCC2CO)c1. The molecule has 1 N–H and O–H groups in total. The number of hydrogen-bond acceptors (Lipinski definition) is 3. The molecule has 1 fully saturated rings. The molecule has 1 saturated heterocycles. The van der Waals surface area contributed by atoms with Crippen molar-refractivity contribution in [1.29, 1.82) is 0 Å². The molecule has 0 bridgehead atoms. The highest BCUT2D eigenvalue weighted by molar-refractivity contribution is 5.69. The molecule has 0 spiro atoms. The zero-order valence-corrected chi connectivity index (χ0v) is 11.8. The molecule has 104 valence electrons. The number of nitrogens with zero attached hydrogens (tertiary/aromatic N) is 2. The summed E-state index contributed by atoms with van der Waals surface area (Å²) in [6.07, 6.45) is 4.04. The summed E-state index contributed by atoms with van der Waals surface area (Å²) in [6.45, 7) is 3.31. The zero-order valence-electron chi connectivity index (χ0n) is 11.8. The van der Waals surface area contributed by atoms with Gasteiger partial charge in [0, 0.05) is 12.7 Å². The number of aromatic nitrogens is 1. The Hall–Kier alpha value is -1.87. The first kappa shape index (κ1) is 13.1. The Labute approximate surface area is 119 Å². The Morgan fingerprint density at radius 2 is 2.15 bits per heavy atom. The van der Waals surface area contributed by atoms with Crippen molar-refractivity contribution in [3.05, 3.63) is 48.2 Å². The molecule has 2 heterocycles. The van der Waals surface area contributed by atoms with Gasteiger partial charge in [-0.3, -0.25) is 0 Å². The van der Waals surface area contributed by atoms with Gasteiger partial charge in [-0.1, -0.05) is 24.3 Å². The van der Waals surface area contributed by atoms with Crippen LogP contribution in [-0.2, 0) is 0 Å². The fourth-order valence-corrected chi connectivity index (χ4v) is 2.97. The third kappa shape index (κ3) is 2.41. The topological polar surface area (TPSA) is 36.4 Å². The van der Waals surface area contributed by atoms with E-state index in [2.05, 4.69) is 53.2 Å². The van der Waals surface area contributed by atoms with E-state index in [0.29, 0.717) is 0 Å². The van der Waals surface area contributed by atoms with E-state index in [4.69, 9.17) is 0 Å². The lowest BCUT2D eigenvalue weighted by Gasteiger charge is -2.24. The molecule has 1 atom stereocenters. The molecule has 0 radical (unpaired) electrons. The van der Waals surface area contributed by atoms with Gasteiger partial charge in [0.2, 0.25) is 0 Å². The number of aliphatic hydroxyl groups excluding tert-OH is 1. The molecule has 1 aliphatic heterocycles. The maximum atomic E-state index is 9.46. The first-order valence-corrected chi connectivity index (χ1v) is 7.19. The minimum atomic E-state index is 0.205. The van der Waals surface area contributed by atoms with Crippen LogP contribution in [0.15, 0.2) is 42.6 Å². The minimum absolute atomic E-state index is 0.205. The molecule has 0 saturated carbocycles. The monoisotopic (exact) mass is 268 g/mol. The van der Waals surface area contributed by atoms with Gasteiger partial charge in [-0.2, -0.15) is 0 Å². The fraction of sp³-hybridized carbons (Fsp3) is 0.353. The van der Waals surface area contributed by atoms with Gasteiger partial charge in [-0.05, 0) is 48.6 Å². The van der Waals surface area contributed by atoms with E-state index in [1.807, 2.05) is 6.20 Å². The van der Waals surface area contributed by atoms with Gasteiger partial charge < -0.3 is 10.0 Å². The minimum Gasteiger partial charge on any atom is -0.394 e. The smallest absolute Gasteiger partial charge is 0.129 e. The van der Waals surface area contributed by atoms with Crippen LogP contribution in [0.5, 0.6) is 0 Å². The highest BCUT2D eigenvalue weighted by atomic mass is 16.3. The summed E-state index contributed by atoms with van der Waals surface area (Å²) >= 11 is 0. The first-order chi connectivity index (χ1) is 9.79. The van der Waals surface area contributed by atoms with Crippen molar-refractivity contribution >= 4 is 5.82 Å². The van der Waals surface area contributed by atoms with Gasteiger partial charge in [0.15, 0.2) is 0 Å². The largest absolute Gasteiger partial charge is 0.394 e. The number of anilines is 1. The molecule has 1 aliphatic rings. The van der Waals surface area contributed by atoms with E-state index in [-0.39, 0.29) is 12.6 Å². The molecule has 1 aromatic heterocycles. The van der Waals surface area contributed by atoms with Crippen molar-refractivity contribution in [3.8, 4) is 11.1 Å². The second kappa shape index (κ2) is 5.63. The summed E-state index contributed by atoms with van der Waals surface area (Å²) < 4.78 is 0. The maximum absolute atomic E-state index is 9.46. The molecule has 1 aromatic carbocycles. The average molecular weight is 268 g/mol. The Balaban J connectivity index is 1.96. The van der Waals surface area contributed by atoms with Crippen LogP contribution in [0, 0.1) is 6.92 Å². The van der Waals surface area contributed by atoms with Gasteiger partial charge in [0.05, 0.1) is 12.6 Å². The number of aliphatic hydroxyl groups is 1. The summed E-state index contributed by atoms with van der Waals surface area (Å²) in [5.41, 5.74) is 3.71. The van der Waals surface area contributed by atoms with E-state index in [1.54, 1.807) is 0 Å². The van der Waals surface area contributed by atoms with Gasteiger partial charge in [-0.25, -0.2) is 4.98 Å². The van der Waals surface area contributed by atoms with Crippen molar-refractivity contribution in [2.24, 2.45) is 0 Å². The number of hydrogen-bond donors (Lipinski definition) is 1. The summed E-state index contributed by atoms with van der Waals surface area (Å²) in [5.74, 6) is 0.974. The van der Waals surface area contributed by atoms with Crippen molar-refractivity contribution in [3.63, 3.8) is 0 Å². The van der Waals surface area contributed by atoms with E-state index in [9.17, 15) is 5.11 Å². The molecule has 3 heteroatoms. The van der Waals surface area contributed by atoms with Crippen molar-refractivity contribution in [2.75, 3.05) is 18.1 Å². The Bertz CT molecular complexity index is 597. The van der Waals surface area contributed by atoms with Crippen molar-refractivity contribution < 1.29 is 5.11 Å². The van der Waals surface area contributed by atoms with Crippen LogP contribution in [0.2, 0.25) is 0 Å². The second-order valence-corrected chi connectivity index (χ2v) is 5.39. The van der Waals surface area contributed by atoms with E-state index >= 15 is 0 Å². The molecule has 3 nitrogen and oxygen atoms in total. The van der Waals surface area contributed by atoms with Crippen LogP contribution in [0.3, 0.4) is 0 Å². The van der Waals surface area contributed by atoms with Crippen LogP contribution in [0.1, 0.15) is 18.4 Å². The standard InChI is InChI=1S/C17H20N2O/c1-13-5-2-3-7-16(13)14-8-9-18-17(11-14)19-10-4-6-15(19)12-20/h2-3,5,7-9,11,15,20H,4,6,10,12H2,1H3. The summed E-state index contributed by atoms with van der Waals surface area (Å²) in [5, 5.41) is 9.46. The zero-order chi connectivity index (χ0) is 13.9. The molecule has 0 amide bonds. The Morgan fingerprint density at radius 3 is 2.95 bits per heavy atom. The quantitative estimate of drug-likeness (QED) is 0.929. The molecule has 20 heavy (non-hydrogen) atoms. The lowest BCUT2D eigenvalue weighted by molar-refractivity contribution is 0.266. The molecule has 1 unspecified atom stereocenters. The van der Waals surface area contributed by atoms with Crippen LogP contribution in [0.4, 0.5) is 5.82 Å². The maximum Gasteiger partial charge on any atom is 0.129 e. The predicted molar refractivity (Wildman–Crippen MR) is 81.9 cm³/mol. The van der Waals surface area contributed by atoms with Crippen molar-refractivity contribution in [2.45, 2.75) is 25.8 Å². The van der Waals surface area contributed by atoms with Crippen LogP contribution in [0.25, 0.3) is 11.1 Å². The van der Waals surface area contributed by atoms with Crippen LogP contribution in [-0.4, -0.2) is 29.3 Å². The predicted octanol–water partition coefficient (Wildman–Crippen LogP) is 3.02. The first-order valence-electron chi connectivity index (χ1n) is 7.19. The van der Waals surface area contributed by atoms with Crippen molar-refractivity contribution in [1.82, 2.24) is 4.98 Å². The van der Waals surface area contributed by atoms with E-state index in [1.165, 1.54) is 16.7 Å². The normalized spacial score (nSPS) is 18.5. The summed E-state index contributed by atoms with van der Waals surface area (Å²) in [4.78, 5) is 6.71. The lowest BCUT2D eigenvalue weighted by Crippen LogP contribution is -2.32. The van der Waals surface area contributed by atoms with Gasteiger partial charge in [0.1, 0.15) is 5.82 Å². The Morgan fingerprint density at radius 1 is 1.30 bits per heavy atom. The summed E-state index contributed by atoms with van der Waals surface area (Å²) in [6, 6.07) is 12.8. The number of rotatable bonds is 3. The van der Waals surface area contributed by atoms with Crippen LogP contribution >= 0.6 is 0 Å². The highest BCUT2D eigenvalue weighted by Crippen LogP contribution is 2.29. The van der Waals surface area contributed by atoms with Gasteiger partial charge in [-0.15, -0.1) is 0 Å². The van der Waals surface area contributed by atoms with E-state index in [0.717, 1.165) is 25.2 Å². The number of benzene rings is 1. The van der Waals surface area contributed by atoms with Gasteiger partial charge >= 0.3 is 0 Å². The second-order valence-electron chi connectivity index (χ2n) is 5.39. The third-order valence-electron chi connectivity index (χ3n) is 4.08. The van der Waals surface area contributed by atoms with Gasteiger partial charge in [0.25, 0.3) is 0 Å². The Kier molecular flexibility index (Phi) is 3.70. The number of aryl methyl sites for hydroxylation is 1. The third-order valence-corrected chi connectivity index (χ3v) is 4.08. The van der Waals surface area contributed by atoms with E-state index < -0.39 is 0 Å². The molecule has 0 aliphatic carbocycles. The summed E-state index contributed by atoms with van der Waals surface area (Å²) in [7, 11) is 0.